The second-order valence-corrected chi connectivity index (χ2v) is 10.1. The Hall–Kier alpha value is -3.04. The molecule has 1 fully saturated rings. The summed E-state index contributed by atoms with van der Waals surface area (Å²) in [5.74, 6) is 0.188. The van der Waals surface area contributed by atoms with Crippen LogP contribution in [0, 0.1) is 19.7 Å². The number of halogens is 1. The zero-order chi connectivity index (χ0) is 23.6. The number of oxazole rings is 1. The first-order valence-electron chi connectivity index (χ1n) is 10.8. The molecule has 1 aliphatic heterocycles. The third-order valence-electron chi connectivity index (χ3n) is 5.79. The van der Waals surface area contributed by atoms with Crippen LogP contribution in [0.5, 0.6) is 0 Å². The van der Waals surface area contributed by atoms with E-state index in [4.69, 9.17) is 4.42 Å². The molecule has 4 rings (SSSR count). The van der Waals surface area contributed by atoms with Crippen molar-refractivity contribution in [3.63, 3.8) is 0 Å². The largest absolute Gasteiger partial charge is 0.441 e. The number of nitrogens with zero attached hydrogens (tertiary/aromatic N) is 3. The van der Waals surface area contributed by atoms with Crippen molar-refractivity contribution in [3.05, 3.63) is 71.5 Å². The minimum Gasteiger partial charge on any atom is -0.441 e. The molecule has 0 bridgehead atoms. The predicted molar refractivity (Wildman–Crippen MR) is 121 cm³/mol. The molecule has 0 saturated carbocycles. The van der Waals surface area contributed by atoms with E-state index in [1.54, 1.807) is 42.2 Å². The second-order valence-electron chi connectivity index (χ2n) is 8.15. The minimum atomic E-state index is -3.60. The normalized spacial score (nSPS) is 15.1. The fourth-order valence-electron chi connectivity index (χ4n) is 3.99. The third-order valence-corrected chi connectivity index (χ3v) is 7.84. The highest BCUT2D eigenvalue weighted by molar-refractivity contribution is 7.89. The third kappa shape index (κ3) is 4.99. The highest BCUT2D eigenvalue weighted by Gasteiger charge is 2.31. The summed E-state index contributed by atoms with van der Waals surface area (Å²) in [7, 11) is -3.60. The number of hydrogen-bond acceptors (Lipinski definition) is 5. The molecule has 174 valence electrons. The second kappa shape index (κ2) is 9.44. The van der Waals surface area contributed by atoms with E-state index < -0.39 is 15.8 Å². The molecule has 0 unspecified atom stereocenters. The topological polar surface area (TPSA) is 83.7 Å². The fourth-order valence-corrected chi connectivity index (χ4v) is 5.62. The SMILES string of the molecule is Cc1ccc(S(=O)(=O)N2CCN(C(=O)CCc3ncc(-c4ccccc4F)o3)CC2)c(C)c1. The molecule has 7 nitrogen and oxygen atoms in total. The van der Waals surface area contributed by atoms with E-state index in [9.17, 15) is 17.6 Å². The van der Waals surface area contributed by atoms with Crippen molar-refractivity contribution < 1.29 is 22.0 Å². The molecule has 0 spiro atoms. The Balaban J connectivity index is 1.32. The van der Waals surface area contributed by atoms with Crippen molar-refractivity contribution in [3.8, 4) is 11.3 Å². The van der Waals surface area contributed by atoms with Crippen LogP contribution < -0.4 is 0 Å². The average Bonchev–Trinajstić information content (AvgIpc) is 3.26. The van der Waals surface area contributed by atoms with Crippen LogP contribution in [0.2, 0.25) is 0 Å². The van der Waals surface area contributed by atoms with E-state index >= 15 is 0 Å². The van der Waals surface area contributed by atoms with E-state index in [-0.39, 0.29) is 31.8 Å². The number of amides is 1. The monoisotopic (exact) mass is 471 g/mol. The Morgan fingerprint density at radius 2 is 1.82 bits per heavy atom. The summed E-state index contributed by atoms with van der Waals surface area (Å²) in [6.45, 7) is 4.87. The first-order chi connectivity index (χ1) is 15.8. The Morgan fingerprint density at radius 1 is 1.09 bits per heavy atom. The van der Waals surface area contributed by atoms with Gasteiger partial charge >= 0.3 is 0 Å². The molecule has 1 saturated heterocycles. The van der Waals surface area contributed by atoms with E-state index in [1.807, 2.05) is 13.0 Å². The number of benzene rings is 2. The predicted octanol–water partition coefficient (Wildman–Crippen LogP) is 3.56. The smallest absolute Gasteiger partial charge is 0.243 e. The average molecular weight is 472 g/mol. The van der Waals surface area contributed by atoms with Gasteiger partial charge in [0, 0.05) is 39.0 Å². The lowest BCUT2D eigenvalue weighted by Gasteiger charge is -2.34. The highest BCUT2D eigenvalue weighted by Crippen LogP contribution is 2.24. The summed E-state index contributed by atoms with van der Waals surface area (Å²) in [6.07, 6.45) is 1.92. The van der Waals surface area contributed by atoms with Crippen LogP contribution in [0.25, 0.3) is 11.3 Å². The first kappa shape index (κ1) is 23.1. The molecule has 2 heterocycles. The number of sulfonamides is 1. The summed E-state index contributed by atoms with van der Waals surface area (Å²) in [5, 5.41) is 0. The molecule has 1 amide bonds. The Kier molecular flexibility index (Phi) is 6.62. The molecule has 33 heavy (non-hydrogen) atoms. The van der Waals surface area contributed by atoms with Gasteiger partial charge in [-0.1, -0.05) is 29.8 Å². The van der Waals surface area contributed by atoms with Crippen molar-refractivity contribution in [1.82, 2.24) is 14.2 Å². The summed E-state index contributed by atoms with van der Waals surface area (Å²) >= 11 is 0. The quantitative estimate of drug-likeness (QED) is 0.549. The molecule has 0 aliphatic carbocycles. The van der Waals surface area contributed by atoms with Gasteiger partial charge in [0.1, 0.15) is 5.82 Å². The lowest BCUT2D eigenvalue weighted by molar-refractivity contribution is -0.132. The Morgan fingerprint density at radius 3 is 2.52 bits per heavy atom. The van der Waals surface area contributed by atoms with Crippen LogP contribution >= 0.6 is 0 Å². The molecular weight excluding hydrogens is 445 g/mol. The van der Waals surface area contributed by atoms with E-state index in [0.717, 1.165) is 5.56 Å². The van der Waals surface area contributed by atoms with Gasteiger partial charge in [-0.2, -0.15) is 4.31 Å². The summed E-state index contributed by atoms with van der Waals surface area (Å²) < 4.78 is 47.0. The molecule has 0 N–H and O–H groups in total. The van der Waals surface area contributed by atoms with Crippen molar-refractivity contribution in [2.45, 2.75) is 31.6 Å². The van der Waals surface area contributed by atoms with Gasteiger partial charge in [0.15, 0.2) is 11.7 Å². The van der Waals surface area contributed by atoms with Crippen LogP contribution in [-0.4, -0.2) is 54.7 Å². The van der Waals surface area contributed by atoms with Gasteiger partial charge < -0.3 is 9.32 Å². The van der Waals surface area contributed by atoms with Crippen LogP contribution in [0.15, 0.2) is 58.0 Å². The molecule has 2 aromatic carbocycles. The minimum absolute atomic E-state index is 0.0933. The number of carbonyl (C=O) groups excluding carboxylic acids is 1. The number of piperazine rings is 1. The van der Waals surface area contributed by atoms with Crippen LogP contribution in [0.3, 0.4) is 0 Å². The summed E-state index contributed by atoms with van der Waals surface area (Å²) in [5.41, 5.74) is 2.05. The number of hydrogen-bond donors (Lipinski definition) is 0. The van der Waals surface area contributed by atoms with Crippen LogP contribution in [0.1, 0.15) is 23.4 Å². The lowest BCUT2D eigenvalue weighted by atomic mass is 10.2. The van der Waals surface area contributed by atoms with E-state index in [0.29, 0.717) is 40.8 Å². The van der Waals surface area contributed by atoms with E-state index in [2.05, 4.69) is 4.98 Å². The van der Waals surface area contributed by atoms with E-state index in [1.165, 1.54) is 16.6 Å². The number of rotatable bonds is 6. The summed E-state index contributed by atoms with van der Waals surface area (Å²) in [4.78, 5) is 18.8. The summed E-state index contributed by atoms with van der Waals surface area (Å²) in [6, 6.07) is 11.6. The zero-order valence-corrected chi connectivity index (χ0v) is 19.4. The fraction of sp³-hybridized carbons (Fsp3) is 0.333. The van der Waals surface area contributed by atoms with Crippen molar-refractivity contribution >= 4 is 15.9 Å². The van der Waals surface area contributed by atoms with Crippen molar-refractivity contribution in [2.24, 2.45) is 0 Å². The zero-order valence-electron chi connectivity index (χ0n) is 18.6. The first-order valence-corrected chi connectivity index (χ1v) is 12.2. The van der Waals surface area contributed by atoms with Gasteiger partial charge in [0.25, 0.3) is 0 Å². The van der Waals surface area contributed by atoms with Crippen molar-refractivity contribution in [1.29, 1.82) is 0 Å². The standard InChI is InChI=1S/C24H26FN3O4S/c1-17-7-8-22(18(2)15-17)33(30,31)28-13-11-27(12-14-28)24(29)10-9-23-26-16-21(32-23)19-5-3-4-6-20(19)25/h3-8,15-16H,9-14H2,1-2H3. The molecular formula is C24H26FN3O4S. The highest BCUT2D eigenvalue weighted by atomic mass is 32.2. The number of aromatic nitrogens is 1. The van der Waals surface area contributed by atoms with Crippen molar-refractivity contribution in [2.75, 3.05) is 26.2 Å². The molecule has 3 aromatic rings. The van der Waals surface area contributed by atoms with Gasteiger partial charge in [-0.25, -0.2) is 17.8 Å². The molecule has 0 radical (unpaired) electrons. The number of carbonyl (C=O) groups is 1. The maximum atomic E-state index is 13.9. The van der Waals surface area contributed by atoms with Gasteiger partial charge in [-0.05, 0) is 37.6 Å². The Labute approximate surface area is 192 Å². The maximum Gasteiger partial charge on any atom is 0.243 e. The maximum absolute atomic E-state index is 13.9. The van der Waals surface area contributed by atoms with Gasteiger partial charge in [-0.3, -0.25) is 4.79 Å². The number of aryl methyl sites for hydroxylation is 3. The van der Waals surface area contributed by atoms with Crippen LogP contribution in [-0.2, 0) is 21.2 Å². The van der Waals surface area contributed by atoms with Crippen LogP contribution in [0.4, 0.5) is 4.39 Å². The molecule has 1 aromatic heterocycles. The van der Waals surface area contributed by atoms with Gasteiger partial charge in [-0.15, -0.1) is 0 Å². The molecule has 9 heteroatoms. The molecule has 1 aliphatic rings. The molecule has 0 atom stereocenters. The van der Waals surface area contributed by atoms with Gasteiger partial charge in [0.2, 0.25) is 15.9 Å². The van der Waals surface area contributed by atoms with Gasteiger partial charge in [0.05, 0.1) is 16.7 Å². The lowest BCUT2D eigenvalue weighted by Crippen LogP contribution is -2.50. The Bertz CT molecular complexity index is 1260.